The first-order chi connectivity index (χ1) is 8.76. The molecule has 0 bridgehead atoms. The fourth-order valence-electron chi connectivity index (χ4n) is 3.21. The Bertz CT molecular complexity index is 389. The minimum absolute atomic E-state index is 0.731. The summed E-state index contributed by atoms with van der Waals surface area (Å²) < 4.78 is 5.29. The monoisotopic (exact) mass is 247 g/mol. The molecule has 0 amide bonds. The maximum Gasteiger partial charge on any atom is 0.119 e. The molecule has 1 N–H and O–H groups in total. The van der Waals surface area contributed by atoms with Crippen molar-refractivity contribution in [2.24, 2.45) is 5.92 Å². The third-order valence-electron chi connectivity index (χ3n) is 4.19. The molecular formula is C16H25NO. The van der Waals surface area contributed by atoms with E-state index in [4.69, 9.17) is 4.74 Å². The van der Waals surface area contributed by atoms with Gasteiger partial charge in [0.05, 0.1) is 7.11 Å². The fraction of sp³-hybridized carbons (Fsp3) is 0.625. The van der Waals surface area contributed by atoms with Gasteiger partial charge in [-0.3, -0.25) is 0 Å². The summed E-state index contributed by atoms with van der Waals surface area (Å²) in [5, 5.41) is 3.51. The van der Waals surface area contributed by atoms with Crippen molar-refractivity contribution < 1.29 is 4.74 Å². The highest BCUT2D eigenvalue weighted by Crippen LogP contribution is 2.41. The lowest BCUT2D eigenvalue weighted by atomic mass is 9.86. The third-order valence-corrected chi connectivity index (χ3v) is 4.19. The lowest BCUT2D eigenvalue weighted by Crippen LogP contribution is -2.24. The number of benzene rings is 1. The van der Waals surface area contributed by atoms with Gasteiger partial charge in [0.2, 0.25) is 0 Å². The summed E-state index contributed by atoms with van der Waals surface area (Å²) in [6.45, 7) is 6.63. The van der Waals surface area contributed by atoms with Crippen molar-refractivity contribution in [1.82, 2.24) is 5.32 Å². The van der Waals surface area contributed by atoms with Gasteiger partial charge in [-0.2, -0.15) is 0 Å². The molecule has 0 spiro atoms. The van der Waals surface area contributed by atoms with Crippen LogP contribution in [0.15, 0.2) is 18.2 Å². The second-order valence-electron chi connectivity index (χ2n) is 5.33. The summed E-state index contributed by atoms with van der Waals surface area (Å²) in [7, 11) is 1.73. The van der Waals surface area contributed by atoms with Gasteiger partial charge in [0, 0.05) is 0 Å². The lowest BCUT2D eigenvalue weighted by Gasteiger charge is -2.22. The smallest absolute Gasteiger partial charge is 0.119 e. The van der Waals surface area contributed by atoms with Crippen molar-refractivity contribution in [2.75, 3.05) is 20.2 Å². The van der Waals surface area contributed by atoms with Crippen LogP contribution in [0.2, 0.25) is 0 Å². The average molecular weight is 247 g/mol. The van der Waals surface area contributed by atoms with Gasteiger partial charge in [0.15, 0.2) is 0 Å². The van der Waals surface area contributed by atoms with E-state index in [0.717, 1.165) is 30.7 Å². The minimum Gasteiger partial charge on any atom is -0.497 e. The summed E-state index contributed by atoms with van der Waals surface area (Å²) >= 11 is 0. The Morgan fingerprint density at radius 1 is 1.33 bits per heavy atom. The van der Waals surface area contributed by atoms with E-state index in [9.17, 15) is 0 Å². The topological polar surface area (TPSA) is 21.3 Å². The van der Waals surface area contributed by atoms with Crippen molar-refractivity contribution in [3.63, 3.8) is 0 Å². The van der Waals surface area contributed by atoms with Crippen LogP contribution in [-0.4, -0.2) is 20.2 Å². The quantitative estimate of drug-likeness (QED) is 0.860. The van der Waals surface area contributed by atoms with E-state index >= 15 is 0 Å². The first kappa shape index (κ1) is 13.4. The molecule has 0 heterocycles. The predicted octanol–water partition coefficient (Wildman–Crippen LogP) is 3.50. The second kappa shape index (κ2) is 6.24. The summed E-state index contributed by atoms with van der Waals surface area (Å²) in [6, 6.07) is 6.53. The molecule has 0 aromatic heterocycles. The molecule has 1 aliphatic rings. The number of nitrogens with one attached hydrogen (secondary N) is 1. The molecular weight excluding hydrogens is 222 g/mol. The number of rotatable bonds is 5. The molecule has 0 radical (unpaired) electrons. The van der Waals surface area contributed by atoms with Crippen molar-refractivity contribution in [1.29, 1.82) is 0 Å². The maximum atomic E-state index is 5.29. The van der Waals surface area contributed by atoms with E-state index in [2.05, 4.69) is 37.4 Å². The molecule has 0 saturated heterocycles. The molecule has 1 aromatic carbocycles. The zero-order valence-corrected chi connectivity index (χ0v) is 11.8. The van der Waals surface area contributed by atoms with Crippen LogP contribution in [0, 0.1) is 12.8 Å². The standard InChI is InChI=1S/C16H25NO/c1-4-17-11-13-6-5-7-16(13)15-9-8-14(18-3)10-12(15)2/h8-10,13,16-17H,4-7,11H2,1-3H3. The van der Waals surface area contributed by atoms with E-state index in [0.29, 0.717) is 0 Å². The Kier molecular flexibility index (Phi) is 4.65. The zero-order valence-electron chi connectivity index (χ0n) is 11.8. The highest BCUT2D eigenvalue weighted by molar-refractivity contribution is 5.37. The summed E-state index contributed by atoms with van der Waals surface area (Å²) in [5.41, 5.74) is 2.90. The van der Waals surface area contributed by atoms with Gasteiger partial charge < -0.3 is 10.1 Å². The van der Waals surface area contributed by atoms with Crippen LogP contribution >= 0.6 is 0 Å². The first-order valence-corrected chi connectivity index (χ1v) is 7.11. The van der Waals surface area contributed by atoms with Crippen LogP contribution in [0.5, 0.6) is 5.75 Å². The van der Waals surface area contributed by atoms with E-state index in [1.54, 1.807) is 7.11 Å². The molecule has 2 rings (SSSR count). The molecule has 100 valence electrons. The average Bonchev–Trinajstić information content (AvgIpc) is 2.84. The van der Waals surface area contributed by atoms with Gasteiger partial charge in [0.1, 0.15) is 5.75 Å². The largest absolute Gasteiger partial charge is 0.497 e. The van der Waals surface area contributed by atoms with Crippen molar-refractivity contribution in [2.45, 2.75) is 39.0 Å². The highest BCUT2D eigenvalue weighted by Gasteiger charge is 2.29. The van der Waals surface area contributed by atoms with Crippen LogP contribution < -0.4 is 10.1 Å². The Balaban J connectivity index is 2.14. The SMILES string of the molecule is CCNCC1CCCC1c1ccc(OC)cc1C. The van der Waals surface area contributed by atoms with E-state index in [1.165, 1.54) is 30.4 Å². The Morgan fingerprint density at radius 2 is 2.17 bits per heavy atom. The molecule has 1 fully saturated rings. The molecule has 1 saturated carbocycles. The van der Waals surface area contributed by atoms with Crippen molar-refractivity contribution in [3.8, 4) is 5.75 Å². The molecule has 2 nitrogen and oxygen atoms in total. The summed E-state index contributed by atoms with van der Waals surface area (Å²) in [5.74, 6) is 2.50. The Hall–Kier alpha value is -1.02. The van der Waals surface area contributed by atoms with Crippen LogP contribution in [0.25, 0.3) is 0 Å². The van der Waals surface area contributed by atoms with Crippen LogP contribution in [0.4, 0.5) is 0 Å². The fourth-order valence-corrected chi connectivity index (χ4v) is 3.21. The Morgan fingerprint density at radius 3 is 2.83 bits per heavy atom. The Labute approximate surface area is 111 Å². The molecule has 2 atom stereocenters. The van der Waals surface area contributed by atoms with Gasteiger partial charge in [-0.1, -0.05) is 19.4 Å². The van der Waals surface area contributed by atoms with Gasteiger partial charge >= 0.3 is 0 Å². The number of ether oxygens (including phenoxy) is 1. The first-order valence-electron chi connectivity index (χ1n) is 7.11. The van der Waals surface area contributed by atoms with Crippen molar-refractivity contribution in [3.05, 3.63) is 29.3 Å². The van der Waals surface area contributed by atoms with E-state index < -0.39 is 0 Å². The molecule has 0 aliphatic heterocycles. The van der Waals surface area contributed by atoms with Crippen molar-refractivity contribution >= 4 is 0 Å². The molecule has 1 aliphatic carbocycles. The second-order valence-corrected chi connectivity index (χ2v) is 5.33. The predicted molar refractivity (Wildman–Crippen MR) is 76.4 cm³/mol. The minimum atomic E-state index is 0.731. The molecule has 2 unspecified atom stereocenters. The van der Waals surface area contributed by atoms with Gasteiger partial charge in [0.25, 0.3) is 0 Å². The number of methoxy groups -OCH3 is 1. The number of hydrogen-bond donors (Lipinski definition) is 1. The third kappa shape index (κ3) is 2.86. The normalized spacial score (nSPS) is 23.3. The van der Waals surface area contributed by atoms with Gasteiger partial charge in [-0.05, 0) is 68.0 Å². The lowest BCUT2D eigenvalue weighted by molar-refractivity contribution is 0.413. The van der Waals surface area contributed by atoms with Gasteiger partial charge in [-0.25, -0.2) is 0 Å². The summed E-state index contributed by atoms with van der Waals surface area (Å²) in [6.07, 6.45) is 4.07. The van der Waals surface area contributed by atoms with Crippen LogP contribution in [-0.2, 0) is 0 Å². The summed E-state index contributed by atoms with van der Waals surface area (Å²) in [4.78, 5) is 0. The highest BCUT2D eigenvalue weighted by atomic mass is 16.5. The molecule has 2 heteroatoms. The maximum absolute atomic E-state index is 5.29. The van der Waals surface area contributed by atoms with Gasteiger partial charge in [-0.15, -0.1) is 0 Å². The van der Waals surface area contributed by atoms with E-state index in [1.807, 2.05) is 0 Å². The number of hydrogen-bond acceptors (Lipinski definition) is 2. The molecule has 1 aromatic rings. The van der Waals surface area contributed by atoms with Crippen LogP contribution in [0.1, 0.15) is 43.2 Å². The zero-order chi connectivity index (χ0) is 13.0. The van der Waals surface area contributed by atoms with E-state index in [-0.39, 0.29) is 0 Å². The van der Waals surface area contributed by atoms with Crippen LogP contribution in [0.3, 0.4) is 0 Å². The number of aryl methyl sites for hydroxylation is 1. The molecule has 18 heavy (non-hydrogen) atoms.